The Kier molecular flexibility index (Phi) is 14.3. The normalized spacial score (nSPS) is 17.9. The van der Waals surface area contributed by atoms with Crippen LogP contribution in [-0.4, -0.2) is 11.5 Å². The Hall–Kier alpha value is -9.32. The fraction of sp³-hybridized carbons (Fsp3) is 0.0750. The van der Waals surface area contributed by atoms with Gasteiger partial charge in [0, 0.05) is 67.3 Å². The summed E-state index contributed by atoms with van der Waals surface area (Å²) in [5, 5.41) is 0. The highest BCUT2D eigenvalue weighted by Crippen LogP contribution is 2.61. The molecule has 0 N–H and O–H groups in total. The number of nitrogens with zero attached hydrogens (tertiary/aromatic N) is 2. The highest BCUT2D eigenvalue weighted by Gasteiger charge is 2.54. The summed E-state index contributed by atoms with van der Waals surface area (Å²) in [6, 6.07) is 106. The first kappa shape index (κ1) is 52.7. The number of hydrogen-bond acceptors (Lipinski definition) is 4. The number of benzene rings is 11. The molecule has 404 valence electrons. The largest absolute Gasteiger partial charge is 0.311 e. The van der Waals surface area contributed by atoms with Gasteiger partial charge in [-0.3, -0.25) is 0 Å². The number of fused-ring (bicyclic) bond motifs is 6. The highest BCUT2D eigenvalue weighted by atomic mass is 32.2. The molecule has 4 unspecified atom stereocenters. The summed E-state index contributed by atoms with van der Waals surface area (Å²) in [6.45, 7) is 7.95. The van der Waals surface area contributed by atoms with Crippen molar-refractivity contribution in [3.05, 3.63) is 379 Å². The topological polar surface area (TPSA) is 6.48 Å². The molecule has 0 saturated carbocycles. The Morgan fingerprint density at radius 1 is 0.381 bits per heavy atom. The van der Waals surface area contributed by atoms with E-state index in [1.807, 2.05) is 35.7 Å². The van der Waals surface area contributed by atoms with Gasteiger partial charge in [0.2, 0.25) is 0 Å². The summed E-state index contributed by atoms with van der Waals surface area (Å²) < 4.78 is 0. The lowest BCUT2D eigenvalue weighted by molar-refractivity contribution is 0.453. The Bertz CT molecular complexity index is 4210. The average molecular weight is 1120 g/mol. The second kappa shape index (κ2) is 22.8. The highest BCUT2D eigenvalue weighted by molar-refractivity contribution is 7.99. The van der Waals surface area contributed by atoms with Crippen LogP contribution in [0.25, 0.3) is 22.3 Å². The molecule has 0 radical (unpaired) electrons. The van der Waals surface area contributed by atoms with Crippen molar-refractivity contribution in [1.29, 1.82) is 0 Å². The van der Waals surface area contributed by atoms with Gasteiger partial charge in [-0.05, 0) is 158 Å². The van der Waals surface area contributed by atoms with Gasteiger partial charge in [-0.1, -0.05) is 224 Å². The zero-order valence-corrected chi connectivity index (χ0v) is 48.3. The Morgan fingerprint density at radius 3 is 1.42 bits per heavy atom. The molecule has 0 heterocycles. The quantitative estimate of drug-likeness (QED) is 0.0662. The lowest BCUT2D eigenvalue weighted by Gasteiger charge is -2.40. The average Bonchev–Trinajstić information content (AvgIpc) is 2.16. The second-order valence-electron chi connectivity index (χ2n) is 21.8. The van der Waals surface area contributed by atoms with Crippen LogP contribution in [0.15, 0.2) is 344 Å². The molecule has 3 aliphatic rings. The van der Waals surface area contributed by atoms with Crippen molar-refractivity contribution < 1.29 is 0 Å². The molecular formula is C80H62N2S2. The molecule has 3 aliphatic carbocycles. The zero-order chi connectivity index (χ0) is 56.5. The summed E-state index contributed by atoms with van der Waals surface area (Å²) in [5.74, 6) is 2.04. The smallest absolute Gasteiger partial charge is 0.0714 e. The van der Waals surface area contributed by atoms with Crippen LogP contribution in [0.2, 0.25) is 0 Å². The maximum atomic E-state index is 3.98. The molecule has 0 aromatic heterocycles. The van der Waals surface area contributed by atoms with Crippen LogP contribution in [0.5, 0.6) is 0 Å². The van der Waals surface area contributed by atoms with Crippen molar-refractivity contribution in [3.8, 4) is 22.3 Å². The van der Waals surface area contributed by atoms with E-state index in [1.165, 1.54) is 65.4 Å². The molecule has 84 heavy (non-hydrogen) atoms. The molecule has 0 amide bonds. The summed E-state index contributed by atoms with van der Waals surface area (Å²) in [6.07, 6.45) is 11.3. The van der Waals surface area contributed by atoms with Gasteiger partial charge in [0.25, 0.3) is 0 Å². The molecule has 0 aliphatic heterocycles. The first-order valence-electron chi connectivity index (χ1n) is 29.0. The van der Waals surface area contributed by atoms with Gasteiger partial charge in [0.15, 0.2) is 0 Å². The summed E-state index contributed by atoms with van der Waals surface area (Å²) in [7, 11) is 0. The molecule has 4 heteroatoms. The SMILES string of the molecule is C=CCSc1ccc(C2(c3ccccc3)c3ccccc3-c3ccc(N(c4ccccc4)c4ccc(-c5ccc(N(C6=CC7C(C=C6)c6ccccc6C7(c6ccccc6)c6ccc(SCC=C)cc6)c6ccccc6)cc5)cc4)cc32)cc1. The minimum absolute atomic E-state index is 0.104. The van der Waals surface area contributed by atoms with Gasteiger partial charge < -0.3 is 9.80 Å². The van der Waals surface area contributed by atoms with Crippen LogP contribution < -0.4 is 9.80 Å². The number of para-hydroxylation sites is 2. The van der Waals surface area contributed by atoms with E-state index in [0.717, 1.165) is 56.8 Å². The molecule has 4 atom stereocenters. The number of allylic oxidation sites excluding steroid dienone is 3. The predicted octanol–water partition coefficient (Wildman–Crippen LogP) is 21.1. The van der Waals surface area contributed by atoms with Crippen molar-refractivity contribution in [1.82, 2.24) is 0 Å². The second-order valence-corrected chi connectivity index (χ2v) is 24.0. The Morgan fingerprint density at radius 2 is 0.821 bits per heavy atom. The third kappa shape index (κ3) is 9.09. The van der Waals surface area contributed by atoms with Crippen molar-refractivity contribution in [2.24, 2.45) is 5.92 Å². The van der Waals surface area contributed by atoms with E-state index in [2.05, 4.69) is 326 Å². The first-order valence-corrected chi connectivity index (χ1v) is 31.0. The zero-order valence-electron chi connectivity index (χ0n) is 46.7. The number of thioether (sulfide) groups is 2. The predicted molar refractivity (Wildman–Crippen MR) is 357 cm³/mol. The van der Waals surface area contributed by atoms with Gasteiger partial charge in [0.1, 0.15) is 0 Å². The molecule has 14 rings (SSSR count). The van der Waals surface area contributed by atoms with Crippen molar-refractivity contribution in [3.63, 3.8) is 0 Å². The van der Waals surface area contributed by atoms with Crippen LogP contribution in [0.3, 0.4) is 0 Å². The number of anilines is 5. The minimum atomic E-state index is -0.544. The minimum Gasteiger partial charge on any atom is -0.311 e. The van der Waals surface area contributed by atoms with Gasteiger partial charge in [-0.25, -0.2) is 0 Å². The van der Waals surface area contributed by atoms with Gasteiger partial charge in [-0.15, -0.1) is 36.7 Å². The van der Waals surface area contributed by atoms with Crippen molar-refractivity contribution >= 4 is 52.0 Å². The van der Waals surface area contributed by atoms with Gasteiger partial charge in [-0.2, -0.15) is 0 Å². The van der Waals surface area contributed by atoms with E-state index in [0.29, 0.717) is 0 Å². The Labute approximate surface area is 503 Å². The van der Waals surface area contributed by atoms with Crippen LogP contribution in [0.4, 0.5) is 28.4 Å². The lowest BCUT2D eigenvalue weighted by Crippen LogP contribution is -2.36. The van der Waals surface area contributed by atoms with Gasteiger partial charge >= 0.3 is 0 Å². The van der Waals surface area contributed by atoms with Crippen molar-refractivity contribution in [2.45, 2.75) is 26.5 Å². The lowest BCUT2D eigenvalue weighted by atomic mass is 9.63. The first-order chi connectivity index (χ1) is 41.6. The van der Waals surface area contributed by atoms with E-state index >= 15 is 0 Å². The maximum absolute atomic E-state index is 3.98. The van der Waals surface area contributed by atoms with E-state index in [1.54, 1.807) is 0 Å². The van der Waals surface area contributed by atoms with Crippen LogP contribution in [0, 0.1) is 5.92 Å². The molecule has 2 nitrogen and oxygen atoms in total. The van der Waals surface area contributed by atoms with E-state index in [-0.39, 0.29) is 11.8 Å². The molecular weight excluding hydrogens is 1050 g/mol. The monoisotopic (exact) mass is 1110 g/mol. The van der Waals surface area contributed by atoms with E-state index in [9.17, 15) is 0 Å². The molecule has 0 saturated heterocycles. The van der Waals surface area contributed by atoms with Crippen LogP contribution >= 0.6 is 23.5 Å². The van der Waals surface area contributed by atoms with Crippen molar-refractivity contribution in [2.75, 3.05) is 21.3 Å². The molecule has 11 aromatic rings. The van der Waals surface area contributed by atoms with Gasteiger partial charge in [0.05, 0.1) is 10.8 Å². The molecule has 0 fully saturated rings. The third-order valence-corrected chi connectivity index (χ3v) is 19.4. The summed E-state index contributed by atoms with van der Waals surface area (Å²) in [4.78, 5) is 7.32. The maximum Gasteiger partial charge on any atom is 0.0714 e. The summed E-state index contributed by atoms with van der Waals surface area (Å²) >= 11 is 3.64. The molecule has 11 aromatic carbocycles. The third-order valence-electron chi connectivity index (χ3n) is 17.4. The number of rotatable bonds is 17. The molecule has 0 bridgehead atoms. The standard InChI is InChI=1S/C80H62N2S2/c1-3-53-83-69-47-37-61(38-48-69)79(59-21-9-5-10-22-59)75-31-19-17-29-71(75)73-51-45-67(55-77(73)79)81(63-25-13-7-14-26-63)65-41-33-57(34-42-65)58-35-43-66(44-36-58)82(64-27-15-8-16-28-64)68-46-52-74-72-30-18-20-32-76(72)80(78(74)56-68,60-23-11-6-12-24-60)62-39-49-70(50-40-62)84-54-4-2/h3-52,55-56,73,77H,1-2,53-54H2. The fourth-order valence-electron chi connectivity index (χ4n) is 13.9. The number of hydrogen-bond donors (Lipinski definition) is 0. The Balaban J connectivity index is 0.827. The van der Waals surface area contributed by atoms with E-state index < -0.39 is 10.8 Å². The molecule has 0 spiro atoms. The fourth-order valence-corrected chi connectivity index (χ4v) is 15.1. The van der Waals surface area contributed by atoms with E-state index in [4.69, 9.17) is 0 Å². The van der Waals surface area contributed by atoms with Crippen LogP contribution in [0.1, 0.15) is 50.4 Å². The van der Waals surface area contributed by atoms with Crippen LogP contribution in [-0.2, 0) is 10.8 Å². The summed E-state index contributed by atoms with van der Waals surface area (Å²) in [5.41, 5.74) is 20.9.